The predicted octanol–water partition coefficient (Wildman–Crippen LogP) is 4.06. The van der Waals surface area contributed by atoms with Crippen LogP contribution < -0.4 is 5.32 Å². The van der Waals surface area contributed by atoms with E-state index in [1.807, 2.05) is 46.5 Å². The van der Waals surface area contributed by atoms with E-state index < -0.39 is 0 Å². The van der Waals surface area contributed by atoms with Gasteiger partial charge < -0.3 is 9.88 Å². The summed E-state index contributed by atoms with van der Waals surface area (Å²) < 4.78 is 2.05. The average Bonchev–Trinajstić information content (AvgIpc) is 3.33. The van der Waals surface area contributed by atoms with E-state index >= 15 is 0 Å². The lowest BCUT2D eigenvalue weighted by Gasteiger charge is -2.12. The molecule has 0 unspecified atom stereocenters. The van der Waals surface area contributed by atoms with Crippen molar-refractivity contribution < 1.29 is 4.79 Å². The van der Waals surface area contributed by atoms with E-state index in [4.69, 9.17) is 0 Å². The van der Waals surface area contributed by atoms with Crippen molar-refractivity contribution in [2.45, 2.75) is 31.6 Å². The maximum absolute atomic E-state index is 12.2. The molecule has 0 fully saturated rings. The molecule has 5 nitrogen and oxygen atoms in total. The van der Waals surface area contributed by atoms with Gasteiger partial charge in [-0.25, -0.2) is 0 Å². The van der Waals surface area contributed by atoms with Crippen LogP contribution in [-0.4, -0.2) is 26.4 Å². The molecule has 126 valence electrons. The molecule has 0 saturated heterocycles. The van der Waals surface area contributed by atoms with Crippen molar-refractivity contribution in [3.8, 4) is 10.7 Å². The number of thioether (sulfide) groups is 1. The molecule has 0 saturated carbocycles. The monoisotopic (exact) mass is 378 g/mol. The lowest BCUT2D eigenvalue weighted by molar-refractivity contribution is -0.119. The lowest BCUT2D eigenvalue weighted by atomic mass is 10.3. The van der Waals surface area contributed by atoms with Gasteiger partial charge in [-0.1, -0.05) is 23.9 Å². The van der Waals surface area contributed by atoms with E-state index in [1.165, 1.54) is 11.8 Å². The Hall–Kier alpha value is -1.64. The van der Waals surface area contributed by atoms with Crippen LogP contribution in [-0.2, 0) is 11.3 Å². The zero-order chi connectivity index (χ0) is 16.9. The SMILES string of the molecule is CCn1c(SCC(=O)N[C@@H](C)c2cccs2)nnc1-c1cccs1. The Bertz CT molecular complexity index is 780. The van der Waals surface area contributed by atoms with Crippen LogP contribution in [0.3, 0.4) is 0 Å². The molecule has 1 atom stereocenters. The summed E-state index contributed by atoms with van der Waals surface area (Å²) in [5.74, 6) is 1.20. The summed E-state index contributed by atoms with van der Waals surface area (Å²) >= 11 is 4.71. The molecule has 8 heteroatoms. The molecule has 0 aliphatic carbocycles. The molecule has 3 aromatic heterocycles. The molecule has 0 spiro atoms. The third kappa shape index (κ3) is 3.88. The third-order valence-corrected chi connectivity index (χ3v) is 6.34. The first-order valence-corrected chi connectivity index (χ1v) is 10.4. The molecule has 3 heterocycles. The molecule has 1 N–H and O–H groups in total. The second kappa shape index (κ2) is 7.96. The van der Waals surface area contributed by atoms with Gasteiger partial charge in [0.25, 0.3) is 0 Å². The lowest BCUT2D eigenvalue weighted by Crippen LogP contribution is -2.27. The first-order chi connectivity index (χ1) is 11.7. The largest absolute Gasteiger partial charge is 0.348 e. The molecule has 1 amide bonds. The predicted molar refractivity (Wildman–Crippen MR) is 101 cm³/mol. The van der Waals surface area contributed by atoms with Gasteiger partial charge in [-0.3, -0.25) is 4.79 Å². The quantitative estimate of drug-likeness (QED) is 0.630. The van der Waals surface area contributed by atoms with Crippen molar-refractivity contribution in [1.29, 1.82) is 0 Å². The smallest absolute Gasteiger partial charge is 0.230 e. The third-order valence-electron chi connectivity index (χ3n) is 3.45. The fraction of sp³-hybridized carbons (Fsp3) is 0.312. The van der Waals surface area contributed by atoms with Crippen molar-refractivity contribution in [1.82, 2.24) is 20.1 Å². The number of hydrogen-bond acceptors (Lipinski definition) is 6. The molecular formula is C16H18N4OS3. The van der Waals surface area contributed by atoms with E-state index in [0.717, 1.165) is 27.3 Å². The first kappa shape index (κ1) is 17.2. The van der Waals surface area contributed by atoms with Crippen molar-refractivity contribution in [2.24, 2.45) is 0 Å². The fourth-order valence-corrected chi connectivity index (χ4v) is 4.56. The minimum Gasteiger partial charge on any atom is -0.348 e. The minimum absolute atomic E-state index is 0.00391. The number of thiophene rings is 2. The zero-order valence-electron chi connectivity index (χ0n) is 13.4. The van der Waals surface area contributed by atoms with E-state index in [0.29, 0.717) is 5.75 Å². The Balaban J connectivity index is 1.61. The summed E-state index contributed by atoms with van der Waals surface area (Å²) in [5.41, 5.74) is 0. The number of hydrogen-bond donors (Lipinski definition) is 1. The Morgan fingerprint density at radius 1 is 1.29 bits per heavy atom. The molecule has 0 bridgehead atoms. The highest BCUT2D eigenvalue weighted by molar-refractivity contribution is 7.99. The second-order valence-corrected chi connectivity index (χ2v) is 7.99. The highest BCUT2D eigenvalue weighted by atomic mass is 32.2. The molecule has 0 radical (unpaired) electrons. The van der Waals surface area contributed by atoms with Gasteiger partial charge in [0.15, 0.2) is 11.0 Å². The van der Waals surface area contributed by atoms with Crippen LogP contribution in [0.1, 0.15) is 24.8 Å². The minimum atomic E-state index is 0.00391. The Morgan fingerprint density at radius 3 is 2.75 bits per heavy atom. The standard InChI is InChI=1S/C16H18N4OS3/c1-3-20-15(13-7-5-9-23-13)18-19-16(20)24-10-14(21)17-11(2)12-6-4-8-22-12/h4-9,11H,3,10H2,1-2H3,(H,17,21)/t11-/m0/s1. The zero-order valence-corrected chi connectivity index (χ0v) is 15.9. The Kier molecular flexibility index (Phi) is 5.70. The van der Waals surface area contributed by atoms with Crippen LogP contribution in [0.4, 0.5) is 0 Å². The van der Waals surface area contributed by atoms with Crippen LogP contribution in [0.5, 0.6) is 0 Å². The molecule has 24 heavy (non-hydrogen) atoms. The van der Waals surface area contributed by atoms with Gasteiger partial charge in [0.2, 0.25) is 5.91 Å². The van der Waals surface area contributed by atoms with Gasteiger partial charge in [-0.2, -0.15) is 0 Å². The molecular weight excluding hydrogens is 360 g/mol. The molecule has 3 rings (SSSR count). The van der Waals surface area contributed by atoms with E-state index in [2.05, 4.69) is 22.4 Å². The number of amides is 1. The van der Waals surface area contributed by atoms with Crippen LogP contribution in [0.2, 0.25) is 0 Å². The van der Waals surface area contributed by atoms with Crippen molar-refractivity contribution in [2.75, 3.05) is 5.75 Å². The van der Waals surface area contributed by atoms with Crippen LogP contribution in [0.15, 0.2) is 40.2 Å². The highest BCUT2D eigenvalue weighted by Gasteiger charge is 2.16. The van der Waals surface area contributed by atoms with E-state index in [-0.39, 0.29) is 11.9 Å². The van der Waals surface area contributed by atoms with E-state index in [9.17, 15) is 4.79 Å². The summed E-state index contributed by atoms with van der Waals surface area (Å²) in [6, 6.07) is 8.09. The van der Waals surface area contributed by atoms with Gasteiger partial charge in [0.05, 0.1) is 16.7 Å². The van der Waals surface area contributed by atoms with Gasteiger partial charge in [-0.15, -0.1) is 32.9 Å². The van der Waals surface area contributed by atoms with Crippen LogP contribution in [0, 0.1) is 0 Å². The molecule has 0 aliphatic heterocycles. The highest BCUT2D eigenvalue weighted by Crippen LogP contribution is 2.27. The summed E-state index contributed by atoms with van der Waals surface area (Å²) in [6.07, 6.45) is 0. The maximum atomic E-state index is 12.2. The Labute approximate surface area is 153 Å². The van der Waals surface area contributed by atoms with Gasteiger partial charge in [0.1, 0.15) is 0 Å². The number of nitrogens with one attached hydrogen (secondary N) is 1. The number of carbonyl (C=O) groups excluding carboxylic acids is 1. The van der Waals surface area contributed by atoms with Crippen molar-refractivity contribution >= 4 is 40.3 Å². The normalized spacial score (nSPS) is 12.2. The van der Waals surface area contributed by atoms with Gasteiger partial charge >= 0.3 is 0 Å². The second-order valence-electron chi connectivity index (χ2n) is 5.12. The summed E-state index contributed by atoms with van der Waals surface area (Å²) in [5, 5.41) is 16.4. The summed E-state index contributed by atoms with van der Waals surface area (Å²) in [7, 11) is 0. The van der Waals surface area contributed by atoms with Crippen molar-refractivity contribution in [3.63, 3.8) is 0 Å². The van der Waals surface area contributed by atoms with Crippen LogP contribution >= 0.6 is 34.4 Å². The topological polar surface area (TPSA) is 59.8 Å². The van der Waals surface area contributed by atoms with Crippen LogP contribution in [0.25, 0.3) is 10.7 Å². The number of carbonyl (C=O) groups is 1. The van der Waals surface area contributed by atoms with E-state index in [1.54, 1.807) is 22.7 Å². The number of aromatic nitrogens is 3. The number of nitrogens with zero attached hydrogens (tertiary/aromatic N) is 3. The summed E-state index contributed by atoms with van der Waals surface area (Å²) in [6.45, 7) is 4.83. The van der Waals surface area contributed by atoms with Crippen molar-refractivity contribution in [3.05, 3.63) is 39.9 Å². The van der Waals surface area contributed by atoms with Gasteiger partial charge in [0, 0.05) is 11.4 Å². The molecule has 0 aliphatic rings. The first-order valence-electron chi connectivity index (χ1n) is 7.61. The fourth-order valence-electron chi connectivity index (χ4n) is 2.29. The van der Waals surface area contributed by atoms with Gasteiger partial charge in [-0.05, 0) is 36.7 Å². The molecule has 3 aromatic rings. The Morgan fingerprint density at radius 2 is 2.08 bits per heavy atom. The summed E-state index contributed by atoms with van der Waals surface area (Å²) in [4.78, 5) is 14.4. The maximum Gasteiger partial charge on any atom is 0.230 e. The number of rotatable bonds is 7. The average molecular weight is 379 g/mol. The molecule has 0 aromatic carbocycles.